The van der Waals surface area contributed by atoms with E-state index in [0.717, 1.165) is 5.69 Å². The predicted molar refractivity (Wildman–Crippen MR) is 74.0 cm³/mol. The van der Waals surface area contributed by atoms with Crippen molar-refractivity contribution in [2.45, 2.75) is 0 Å². The summed E-state index contributed by atoms with van der Waals surface area (Å²) in [6.45, 7) is 1.08. The molecule has 100 valence electrons. The van der Waals surface area contributed by atoms with Gasteiger partial charge in [0, 0.05) is 20.6 Å². The lowest BCUT2D eigenvalue weighted by Gasteiger charge is -2.16. The highest BCUT2D eigenvalue weighted by Crippen LogP contribution is 2.22. The number of likely N-dealkylation sites (N-methyl/N-ethyl adjacent to an activating group) is 1. The first-order chi connectivity index (χ1) is 8.41. The monoisotopic (exact) mass is 251 g/mol. The van der Waals surface area contributed by atoms with Crippen LogP contribution in [0.15, 0.2) is 18.2 Å². The van der Waals surface area contributed by atoms with Crippen molar-refractivity contribution in [3.63, 3.8) is 0 Å². The number of anilines is 2. The van der Waals surface area contributed by atoms with E-state index in [1.165, 1.54) is 0 Å². The SMILES string of the molecule is CN(C)CCOC(=O)c1ccc(N(C)C)c(N)c1. The Bertz CT molecular complexity index is 417. The first kappa shape index (κ1) is 14.3. The third-order valence-electron chi connectivity index (χ3n) is 2.52. The van der Waals surface area contributed by atoms with Crippen molar-refractivity contribution in [3.8, 4) is 0 Å². The fourth-order valence-electron chi connectivity index (χ4n) is 1.49. The second kappa shape index (κ2) is 6.26. The zero-order valence-corrected chi connectivity index (χ0v) is 11.4. The van der Waals surface area contributed by atoms with Gasteiger partial charge < -0.3 is 20.3 Å². The highest BCUT2D eigenvalue weighted by atomic mass is 16.5. The van der Waals surface area contributed by atoms with Crippen LogP contribution in [0, 0.1) is 0 Å². The standard InChI is InChI=1S/C13H21N3O2/c1-15(2)7-8-18-13(17)10-5-6-12(16(3)4)11(14)9-10/h5-6,9H,7-8,14H2,1-4H3. The molecule has 18 heavy (non-hydrogen) atoms. The average Bonchev–Trinajstić information content (AvgIpc) is 2.27. The molecule has 0 saturated heterocycles. The maximum atomic E-state index is 11.7. The molecule has 5 heteroatoms. The van der Waals surface area contributed by atoms with Crippen molar-refractivity contribution in [3.05, 3.63) is 23.8 Å². The van der Waals surface area contributed by atoms with Crippen LogP contribution in [0.4, 0.5) is 11.4 Å². The number of carbonyl (C=O) groups is 1. The smallest absolute Gasteiger partial charge is 0.338 e. The molecule has 0 bridgehead atoms. The van der Waals surface area contributed by atoms with Gasteiger partial charge >= 0.3 is 5.97 Å². The highest BCUT2D eigenvalue weighted by Gasteiger charge is 2.10. The molecule has 0 unspecified atom stereocenters. The van der Waals surface area contributed by atoms with Crippen LogP contribution in [-0.2, 0) is 4.74 Å². The van der Waals surface area contributed by atoms with Gasteiger partial charge in [-0.3, -0.25) is 0 Å². The molecule has 0 spiro atoms. The summed E-state index contributed by atoms with van der Waals surface area (Å²) in [4.78, 5) is 15.6. The van der Waals surface area contributed by atoms with Gasteiger partial charge in [-0.2, -0.15) is 0 Å². The molecule has 0 saturated carbocycles. The molecule has 0 aliphatic rings. The molecule has 0 atom stereocenters. The van der Waals surface area contributed by atoms with Gasteiger partial charge in [0.1, 0.15) is 6.61 Å². The summed E-state index contributed by atoms with van der Waals surface area (Å²) in [5, 5.41) is 0. The van der Waals surface area contributed by atoms with Gasteiger partial charge in [-0.05, 0) is 32.3 Å². The van der Waals surface area contributed by atoms with Gasteiger partial charge in [-0.15, -0.1) is 0 Å². The van der Waals surface area contributed by atoms with E-state index >= 15 is 0 Å². The summed E-state index contributed by atoms with van der Waals surface area (Å²) >= 11 is 0. The first-order valence-corrected chi connectivity index (χ1v) is 5.80. The van der Waals surface area contributed by atoms with Gasteiger partial charge in [0.25, 0.3) is 0 Å². The average molecular weight is 251 g/mol. The van der Waals surface area contributed by atoms with E-state index in [2.05, 4.69) is 0 Å². The second-order valence-corrected chi connectivity index (χ2v) is 4.61. The molecule has 1 aromatic carbocycles. The molecule has 2 N–H and O–H groups in total. The van der Waals surface area contributed by atoms with Crippen molar-refractivity contribution in [1.82, 2.24) is 4.90 Å². The molecule has 1 rings (SSSR count). The van der Waals surface area contributed by atoms with E-state index in [1.54, 1.807) is 12.1 Å². The van der Waals surface area contributed by atoms with E-state index in [1.807, 2.05) is 44.1 Å². The zero-order chi connectivity index (χ0) is 13.7. The highest BCUT2D eigenvalue weighted by molar-refractivity contribution is 5.92. The molecule has 0 aliphatic heterocycles. The largest absolute Gasteiger partial charge is 0.461 e. The van der Waals surface area contributed by atoms with Crippen molar-refractivity contribution < 1.29 is 9.53 Å². The van der Waals surface area contributed by atoms with Crippen LogP contribution in [0.3, 0.4) is 0 Å². The quantitative estimate of drug-likeness (QED) is 0.626. The Kier molecular flexibility index (Phi) is 4.97. The van der Waals surface area contributed by atoms with Crippen LogP contribution in [0.25, 0.3) is 0 Å². The number of esters is 1. The summed E-state index contributed by atoms with van der Waals surface area (Å²) < 4.78 is 5.14. The minimum absolute atomic E-state index is 0.339. The van der Waals surface area contributed by atoms with E-state index in [4.69, 9.17) is 10.5 Å². The fraction of sp³-hybridized carbons (Fsp3) is 0.462. The zero-order valence-electron chi connectivity index (χ0n) is 11.4. The fourth-order valence-corrected chi connectivity index (χ4v) is 1.49. The second-order valence-electron chi connectivity index (χ2n) is 4.61. The van der Waals surface area contributed by atoms with Crippen molar-refractivity contribution in [2.24, 2.45) is 0 Å². The normalized spacial score (nSPS) is 10.5. The maximum Gasteiger partial charge on any atom is 0.338 e. The number of hydrogen-bond acceptors (Lipinski definition) is 5. The number of nitrogens with zero attached hydrogens (tertiary/aromatic N) is 2. The predicted octanol–water partition coefficient (Wildman–Crippen LogP) is 1.05. The Balaban J connectivity index is 2.67. The minimum atomic E-state index is -0.339. The molecule has 5 nitrogen and oxygen atoms in total. The first-order valence-electron chi connectivity index (χ1n) is 5.80. The van der Waals surface area contributed by atoms with Gasteiger partial charge in [0.05, 0.1) is 16.9 Å². The third kappa shape index (κ3) is 3.92. The molecular formula is C13H21N3O2. The van der Waals surface area contributed by atoms with Gasteiger partial charge in [0.2, 0.25) is 0 Å². The Hall–Kier alpha value is -1.75. The Morgan fingerprint density at radius 3 is 2.44 bits per heavy atom. The molecule has 0 heterocycles. The van der Waals surface area contributed by atoms with Crippen LogP contribution in [-0.4, -0.2) is 52.2 Å². The summed E-state index contributed by atoms with van der Waals surface area (Å²) in [5.74, 6) is -0.339. The van der Waals surface area contributed by atoms with Crippen LogP contribution in [0.2, 0.25) is 0 Å². The van der Waals surface area contributed by atoms with Crippen molar-refractivity contribution in [1.29, 1.82) is 0 Å². The number of nitrogens with two attached hydrogens (primary N) is 1. The number of carbonyl (C=O) groups excluding carboxylic acids is 1. The van der Waals surface area contributed by atoms with Gasteiger partial charge in [-0.25, -0.2) is 4.79 Å². The Morgan fingerprint density at radius 2 is 1.94 bits per heavy atom. The van der Waals surface area contributed by atoms with Crippen LogP contribution < -0.4 is 10.6 Å². The summed E-state index contributed by atoms with van der Waals surface area (Å²) in [6, 6.07) is 5.19. The van der Waals surface area contributed by atoms with Crippen molar-refractivity contribution >= 4 is 17.3 Å². The van der Waals surface area contributed by atoms with Crippen molar-refractivity contribution in [2.75, 3.05) is 52.0 Å². The Morgan fingerprint density at radius 1 is 1.28 bits per heavy atom. The van der Waals surface area contributed by atoms with E-state index in [0.29, 0.717) is 24.4 Å². The number of ether oxygens (including phenoxy) is 1. The third-order valence-corrected chi connectivity index (χ3v) is 2.52. The molecule has 0 fully saturated rings. The van der Waals surface area contributed by atoms with Crippen LogP contribution in [0.1, 0.15) is 10.4 Å². The topological polar surface area (TPSA) is 58.8 Å². The number of rotatable bonds is 5. The van der Waals surface area contributed by atoms with Gasteiger partial charge in [-0.1, -0.05) is 0 Å². The number of nitrogen functional groups attached to an aromatic ring is 1. The number of hydrogen-bond donors (Lipinski definition) is 1. The van der Waals surface area contributed by atoms with Crippen LogP contribution in [0.5, 0.6) is 0 Å². The lowest BCUT2D eigenvalue weighted by atomic mass is 10.1. The summed E-state index contributed by atoms with van der Waals surface area (Å²) in [5.41, 5.74) is 7.82. The number of benzene rings is 1. The van der Waals surface area contributed by atoms with E-state index < -0.39 is 0 Å². The Labute approximate surface area is 108 Å². The molecule has 0 amide bonds. The molecule has 0 radical (unpaired) electrons. The molecular weight excluding hydrogens is 230 g/mol. The lowest BCUT2D eigenvalue weighted by Crippen LogP contribution is -2.20. The molecule has 0 aromatic heterocycles. The summed E-state index contributed by atoms with van der Waals surface area (Å²) in [7, 11) is 7.66. The summed E-state index contributed by atoms with van der Waals surface area (Å²) in [6.07, 6.45) is 0. The molecule has 1 aromatic rings. The lowest BCUT2D eigenvalue weighted by molar-refractivity contribution is 0.0482. The van der Waals surface area contributed by atoms with Crippen LogP contribution >= 0.6 is 0 Å². The van der Waals surface area contributed by atoms with E-state index in [9.17, 15) is 4.79 Å². The minimum Gasteiger partial charge on any atom is -0.461 e. The van der Waals surface area contributed by atoms with E-state index in [-0.39, 0.29) is 5.97 Å². The maximum absolute atomic E-state index is 11.7. The van der Waals surface area contributed by atoms with Gasteiger partial charge in [0.15, 0.2) is 0 Å². The molecule has 0 aliphatic carbocycles.